The lowest BCUT2D eigenvalue weighted by Crippen LogP contribution is -2.32. The molecule has 1 amide bonds. The summed E-state index contributed by atoms with van der Waals surface area (Å²) in [5, 5.41) is 0. The van der Waals surface area contributed by atoms with Crippen molar-refractivity contribution in [1.82, 2.24) is 4.90 Å². The summed E-state index contributed by atoms with van der Waals surface area (Å²) in [6, 6.07) is 6.44. The summed E-state index contributed by atoms with van der Waals surface area (Å²) in [4.78, 5) is 14.3. The summed E-state index contributed by atoms with van der Waals surface area (Å²) in [6.45, 7) is 2.01. The van der Waals surface area contributed by atoms with E-state index >= 15 is 0 Å². The molecule has 2 aliphatic rings. The highest BCUT2D eigenvalue weighted by Gasteiger charge is 2.40. The quantitative estimate of drug-likeness (QED) is 0.814. The van der Waals surface area contributed by atoms with Gasteiger partial charge < -0.3 is 4.90 Å². The number of carbonyl (C=O) groups is 1. The molecule has 2 saturated carbocycles. The number of nitrogens with zero attached hydrogens (tertiary/aromatic N) is 1. The first-order valence-corrected chi connectivity index (χ1v) is 8.05. The highest BCUT2D eigenvalue weighted by atomic mass is 19.1. The van der Waals surface area contributed by atoms with Crippen LogP contribution in [-0.4, -0.2) is 17.9 Å². The fourth-order valence-electron chi connectivity index (χ4n) is 4.18. The van der Waals surface area contributed by atoms with Crippen LogP contribution < -0.4 is 0 Å². The van der Waals surface area contributed by atoms with E-state index in [1.54, 1.807) is 12.1 Å². The Bertz CT molecular complexity index is 512. The van der Waals surface area contributed by atoms with Gasteiger partial charge in [-0.15, -0.1) is 0 Å². The van der Waals surface area contributed by atoms with Crippen LogP contribution in [0.15, 0.2) is 24.3 Å². The Kier molecular flexibility index (Phi) is 4.01. The molecule has 4 unspecified atom stereocenters. The normalized spacial score (nSPS) is 28.6. The Morgan fingerprint density at radius 2 is 2.00 bits per heavy atom. The number of amides is 1. The lowest BCUT2D eigenvalue weighted by Gasteiger charge is -2.28. The van der Waals surface area contributed by atoms with Crippen LogP contribution in [0.2, 0.25) is 0 Å². The maximum absolute atomic E-state index is 13.0. The average Bonchev–Trinajstić information content (AvgIpc) is 3.09. The highest BCUT2D eigenvalue weighted by Crippen LogP contribution is 2.49. The van der Waals surface area contributed by atoms with Crippen molar-refractivity contribution in [2.75, 3.05) is 7.05 Å². The van der Waals surface area contributed by atoms with E-state index in [0.717, 1.165) is 17.4 Å². The first-order chi connectivity index (χ1) is 10.0. The summed E-state index contributed by atoms with van der Waals surface area (Å²) >= 11 is 0. The lowest BCUT2D eigenvalue weighted by atomic mass is 9.86. The van der Waals surface area contributed by atoms with Gasteiger partial charge in [0, 0.05) is 13.5 Å². The minimum atomic E-state index is -0.234. The van der Waals surface area contributed by atoms with E-state index in [2.05, 4.69) is 0 Å². The molecule has 0 saturated heterocycles. The number of hydrogen-bond donors (Lipinski definition) is 0. The number of carbonyl (C=O) groups excluding carboxylic acids is 1. The predicted octanol–water partition coefficient (Wildman–Crippen LogP) is 4.17. The SMILES string of the molecule is CC(c1ccc(F)cc1)N(C)C(=O)CC1CC2CCC1C2. The fourth-order valence-corrected chi connectivity index (χ4v) is 4.18. The molecule has 0 spiro atoms. The van der Waals surface area contributed by atoms with Crippen molar-refractivity contribution in [3.05, 3.63) is 35.6 Å². The van der Waals surface area contributed by atoms with Crippen LogP contribution in [0, 0.1) is 23.6 Å². The first-order valence-electron chi connectivity index (χ1n) is 8.05. The van der Waals surface area contributed by atoms with E-state index in [4.69, 9.17) is 0 Å². The molecule has 2 bridgehead atoms. The molecule has 0 aliphatic heterocycles. The van der Waals surface area contributed by atoms with Gasteiger partial charge in [0.25, 0.3) is 0 Å². The zero-order valence-corrected chi connectivity index (χ0v) is 12.9. The molecule has 21 heavy (non-hydrogen) atoms. The van der Waals surface area contributed by atoms with Crippen LogP contribution in [-0.2, 0) is 4.79 Å². The van der Waals surface area contributed by atoms with Crippen molar-refractivity contribution in [3.8, 4) is 0 Å². The van der Waals surface area contributed by atoms with E-state index < -0.39 is 0 Å². The van der Waals surface area contributed by atoms with Gasteiger partial charge in [0.15, 0.2) is 0 Å². The topological polar surface area (TPSA) is 20.3 Å². The molecule has 0 radical (unpaired) electrons. The van der Waals surface area contributed by atoms with Gasteiger partial charge >= 0.3 is 0 Å². The second-order valence-corrected chi connectivity index (χ2v) is 6.87. The third-order valence-corrected chi connectivity index (χ3v) is 5.65. The summed E-state index contributed by atoms with van der Waals surface area (Å²) in [5.74, 6) is 2.26. The maximum Gasteiger partial charge on any atom is 0.223 e. The van der Waals surface area contributed by atoms with E-state index in [1.807, 2.05) is 18.9 Å². The van der Waals surface area contributed by atoms with Gasteiger partial charge in [-0.05, 0) is 61.6 Å². The molecule has 4 atom stereocenters. The van der Waals surface area contributed by atoms with Crippen LogP contribution >= 0.6 is 0 Å². The molecule has 0 aromatic heterocycles. The van der Waals surface area contributed by atoms with Crippen molar-refractivity contribution < 1.29 is 9.18 Å². The lowest BCUT2D eigenvalue weighted by molar-refractivity contribution is -0.133. The van der Waals surface area contributed by atoms with E-state index in [9.17, 15) is 9.18 Å². The molecule has 114 valence electrons. The molecule has 1 aromatic carbocycles. The maximum atomic E-state index is 13.0. The zero-order valence-electron chi connectivity index (χ0n) is 12.9. The van der Waals surface area contributed by atoms with Crippen molar-refractivity contribution in [3.63, 3.8) is 0 Å². The van der Waals surface area contributed by atoms with Crippen molar-refractivity contribution in [2.45, 2.75) is 45.1 Å². The Hall–Kier alpha value is -1.38. The van der Waals surface area contributed by atoms with Crippen LogP contribution in [0.25, 0.3) is 0 Å². The van der Waals surface area contributed by atoms with E-state index in [0.29, 0.717) is 12.3 Å². The summed E-state index contributed by atoms with van der Waals surface area (Å²) < 4.78 is 13.0. The molecule has 3 heteroatoms. The second-order valence-electron chi connectivity index (χ2n) is 6.87. The third kappa shape index (κ3) is 2.97. The van der Waals surface area contributed by atoms with E-state index in [-0.39, 0.29) is 17.8 Å². The average molecular weight is 289 g/mol. The first kappa shape index (κ1) is 14.6. The number of hydrogen-bond acceptors (Lipinski definition) is 1. The summed E-state index contributed by atoms with van der Waals surface area (Å²) in [5.41, 5.74) is 0.986. The van der Waals surface area contributed by atoms with Gasteiger partial charge in [-0.25, -0.2) is 4.39 Å². The monoisotopic (exact) mass is 289 g/mol. The number of halogens is 1. The van der Waals surface area contributed by atoms with E-state index in [1.165, 1.54) is 37.8 Å². The molecule has 2 nitrogen and oxygen atoms in total. The molecule has 2 fully saturated rings. The summed E-state index contributed by atoms with van der Waals surface area (Å²) in [6.07, 6.45) is 5.96. The van der Waals surface area contributed by atoms with Crippen LogP contribution in [0.1, 0.15) is 50.6 Å². The number of rotatable bonds is 4. The third-order valence-electron chi connectivity index (χ3n) is 5.65. The van der Waals surface area contributed by atoms with Gasteiger partial charge in [0.2, 0.25) is 5.91 Å². The molecular formula is C18H24FNO. The fraction of sp³-hybridized carbons (Fsp3) is 0.611. The van der Waals surface area contributed by atoms with Gasteiger partial charge in [0.1, 0.15) is 5.82 Å². The number of benzene rings is 1. The Morgan fingerprint density at radius 3 is 2.57 bits per heavy atom. The summed E-state index contributed by atoms with van der Waals surface area (Å²) in [7, 11) is 1.86. The molecule has 3 rings (SSSR count). The van der Waals surface area contributed by atoms with Crippen LogP contribution in [0.3, 0.4) is 0 Å². The molecule has 2 aliphatic carbocycles. The zero-order chi connectivity index (χ0) is 15.0. The molecule has 0 N–H and O–H groups in total. The highest BCUT2D eigenvalue weighted by molar-refractivity contribution is 5.76. The second kappa shape index (κ2) is 5.78. The Morgan fingerprint density at radius 1 is 1.29 bits per heavy atom. The predicted molar refractivity (Wildman–Crippen MR) is 81.1 cm³/mol. The van der Waals surface area contributed by atoms with Crippen molar-refractivity contribution in [1.29, 1.82) is 0 Å². The largest absolute Gasteiger partial charge is 0.339 e. The molecule has 0 heterocycles. The standard InChI is InChI=1S/C18H24FNO/c1-12(14-5-7-17(19)8-6-14)20(2)18(21)11-16-10-13-3-4-15(16)9-13/h5-8,12-13,15-16H,3-4,9-11H2,1-2H3. The molecule has 1 aromatic rings. The minimum Gasteiger partial charge on any atom is -0.339 e. The van der Waals surface area contributed by atoms with Crippen LogP contribution in [0.4, 0.5) is 4.39 Å². The van der Waals surface area contributed by atoms with Crippen molar-refractivity contribution >= 4 is 5.91 Å². The van der Waals surface area contributed by atoms with Crippen LogP contribution in [0.5, 0.6) is 0 Å². The number of fused-ring (bicyclic) bond motifs is 2. The van der Waals surface area contributed by atoms with Gasteiger partial charge in [-0.2, -0.15) is 0 Å². The van der Waals surface area contributed by atoms with Crippen molar-refractivity contribution in [2.24, 2.45) is 17.8 Å². The Balaban J connectivity index is 1.60. The Labute approximate surface area is 126 Å². The molecular weight excluding hydrogens is 265 g/mol. The smallest absolute Gasteiger partial charge is 0.223 e. The van der Waals surface area contributed by atoms with Gasteiger partial charge in [0.05, 0.1) is 6.04 Å². The van der Waals surface area contributed by atoms with Gasteiger partial charge in [-0.3, -0.25) is 4.79 Å². The van der Waals surface area contributed by atoms with Gasteiger partial charge in [-0.1, -0.05) is 18.6 Å². The minimum absolute atomic E-state index is 0.00306.